The van der Waals surface area contributed by atoms with Gasteiger partial charge in [-0.25, -0.2) is 9.97 Å². The maximum absolute atomic E-state index is 14.0. The van der Waals surface area contributed by atoms with E-state index in [1.54, 1.807) is 36.4 Å². The predicted octanol–water partition coefficient (Wildman–Crippen LogP) is 4.74. The number of anilines is 1. The molecule has 0 saturated heterocycles. The van der Waals surface area contributed by atoms with E-state index in [0.29, 0.717) is 10.1 Å². The quantitative estimate of drug-likeness (QED) is 0.160. The average molecular weight is 611 g/mol. The summed E-state index contributed by atoms with van der Waals surface area (Å²) in [5.74, 6) is -1.70. The van der Waals surface area contributed by atoms with E-state index in [2.05, 4.69) is 15.0 Å². The fourth-order valence-corrected chi connectivity index (χ4v) is 5.08. The number of methoxy groups -OCH3 is 1. The van der Waals surface area contributed by atoms with E-state index in [0.717, 1.165) is 12.5 Å². The standard InChI is InChI=1S/C29H30N4O9S/c1-18(2)21-11-12-25(30-17-21)43(36,37)33(19(3)34)28-26(42-23-9-6-8-22(16-23)38-5)29(41-15-14-39-20(4)35)32-27(31-28)24-10-7-13-40-24/h6-13,16-18H,14-15H2,1-5H3. The van der Waals surface area contributed by atoms with Crippen molar-refractivity contribution in [1.29, 1.82) is 0 Å². The smallest absolute Gasteiger partial charge is 0.302 e. The van der Waals surface area contributed by atoms with Crippen LogP contribution in [0.3, 0.4) is 0 Å². The van der Waals surface area contributed by atoms with Crippen LogP contribution >= 0.6 is 0 Å². The summed E-state index contributed by atoms with van der Waals surface area (Å²) in [5, 5.41) is -0.394. The molecule has 4 rings (SSSR count). The molecule has 13 nitrogen and oxygen atoms in total. The van der Waals surface area contributed by atoms with E-state index in [1.165, 1.54) is 38.6 Å². The van der Waals surface area contributed by atoms with Gasteiger partial charge in [0.25, 0.3) is 15.9 Å². The van der Waals surface area contributed by atoms with Gasteiger partial charge in [0.2, 0.25) is 23.3 Å². The zero-order valence-corrected chi connectivity index (χ0v) is 25.0. The van der Waals surface area contributed by atoms with Gasteiger partial charge in [-0.1, -0.05) is 26.0 Å². The van der Waals surface area contributed by atoms with Crippen LogP contribution in [0.5, 0.6) is 23.1 Å². The number of amides is 1. The molecule has 0 unspecified atom stereocenters. The monoisotopic (exact) mass is 610 g/mol. The Kier molecular flexibility index (Phi) is 9.60. The third-order valence-electron chi connectivity index (χ3n) is 5.86. The molecule has 3 heterocycles. The van der Waals surface area contributed by atoms with E-state index >= 15 is 0 Å². The molecule has 3 aromatic heterocycles. The van der Waals surface area contributed by atoms with Crippen LogP contribution in [-0.2, 0) is 24.3 Å². The Labute approximate surface area is 248 Å². The van der Waals surface area contributed by atoms with E-state index in [9.17, 15) is 18.0 Å². The lowest BCUT2D eigenvalue weighted by molar-refractivity contribution is -0.141. The van der Waals surface area contributed by atoms with Crippen LogP contribution in [-0.4, -0.2) is 55.6 Å². The van der Waals surface area contributed by atoms with Gasteiger partial charge in [-0.2, -0.15) is 17.7 Å². The molecule has 0 N–H and O–H groups in total. The number of furan rings is 1. The molecule has 0 fully saturated rings. The summed E-state index contributed by atoms with van der Waals surface area (Å²) in [6, 6.07) is 12.5. The van der Waals surface area contributed by atoms with Crippen molar-refractivity contribution in [1.82, 2.24) is 15.0 Å². The first-order valence-corrected chi connectivity index (χ1v) is 14.5. The van der Waals surface area contributed by atoms with Crippen molar-refractivity contribution >= 4 is 27.7 Å². The first-order valence-electron chi connectivity index (χ1n) is 13.1. The van der Waals surface area contributed by atoms with Crippen molar-refractivity contribution in [3.8, 4) is 34.7 Å². The summed E-state index contributed by atoms with van der Waals surface area (Å²) in [6.45, 7) is 5.85. The number of nitrogens with zero attached hydrogens (tertiary/aromatic N) is 4. The normalized spacial score (nSPS) is 11.2. The Hall–Kier alpha value is -4.98. The van der Waals surface area contributed by atoms with Crippen LogP contribution in [0, 0.1) is 0 Å². The second-order valence-corrected chi connectivity index (χ2v) is 11.1. The molecule has 0 spiro atoms. The van der Waals surface area contributed by atoms with Crippen molar-refractivity contribution in [3.05, 3.63) is 66.6 Å². The molecule has 14 heteroatoms. The van der Waals surface area contributed by atoms with Gasteiger partial charge in [0, 0.05) is 26.1 Å². The maximum Gasteiger partial charge on any atom is 0.302 e. The third kappa shape index (κ3) is 7.27. The Morgan fingerprint density at radius 3 is 2.37 bits per heavy atom. The number of hydrogen-bond donors (Lipinski definition) is 0. The molecule has 1 amide bonds. The first kappa shape index (κ1) is 31.0. The Bertz CT molecular complexity index is 1690. The number of sulfonamides is 1. The van der Waals surface area contributed by atoms with Crippen molar-refractivity contribution in [2.45, 2.75) is 38.6 Å². The number of ether oxygens (including phenoxy) is 4. The Balaban J connectivity index is 1.93. The number of carbonyl (C=O) groups is 2. The molecule has 0 atom stereocenters. The Morgan fingerprint density at radius 1 is 1.00 bits per heavy atom. The number of aromatic nitrogens is 3. The van der Waals surface area contributed by atoms with Gasteiger partial charge in [0.05, 0.1) is 13.4 Å². The van der Waals surface area contributed by atoms with E-state index in [-0.39, 0.29) is 48.1 Å². The molecule has 226 valence electrons. The largest absolute Gasteiger partial charge is 0.497 e. The molecule has 0 radical (unpaired) electrons. The molecule has 0 aliphatic rings. The van der Waals surface area contributed by atoms with Crippen LogP contribution < -0.4 is 18.5 Å². The average Bonchev–Trinajstić information content (AvgIpc) is 3.51. The second-order valence-electron chi connectivity index (χ2n) is 9.32. The zero-order chi connectivity index (χ0) is 31.1. The number of carbonyl (C=O) groups excluding carboxylic acids is 2. The molecule has 0 saturated carbocycles. The number of rotatable bonds is 12. The fraction of sp³-hybridized carbons (Fsp3) is 0.276. The summed E-state index contributed by atoms with van der Waals surface area (Å²) < 4.78 is 56.0. The minimum Gasteiger partial charge on any atom is -0.497 e. The molecule has 4 aromatic rings. The summed E-state index contributed by atoms with van der Waals surface area (Å²) in [4.78, 5) is 37.4. The second kappa shape index (κ2) is 13.3. The van der Waals surface area contributed by atoms with Crippen molar-refractivity contribution in [3.63, 3.8) is 0 Å². The fourth-order valence-electron chi connectivity index (χ4n) is 3.78. The van der Waals surface area contributed by atoms with Gasteiger partial charge >= 0.3 is 5.97 Å². The van der Waals surface area contributed by atoms with Gasteiger partial charge in [-0.05, 0) is 41.8 Å². The highest BCUT2D eigenvalue weighted by Gasteiger charge is 2.36. The van der Waals surface area contributed by atoms with Gasteiger partial charge in [0.15, 0.2) is 10.8 Å². The van der Waals surface area contributed by atoms with Crippen LogP contribution in [0.25, 0.3) is 11.6 Å². The number of pyridine rings is 1. The third-order valence-corrected chi connectivity index (χ3v) is 7.54. The predicted molar refractivity (Wildman–Crippen MR) is 154 cm³/mol. The maximum atomic E-state index is 14.0. The lowest BCUT2D eigenvalue weighted by Crippen LogP contribution is -2.37. The van der Waals surface area contributed by atoms with Crippen LogP contribution in [0.15, 0.2) is 70.4 Å². The van der Waals surface area contributed by atoms with Gasteiger partial charge in [0.1, 0.15) is 24.7 Å². The molecule has 43 heavy (non-hydrogen) atoms. The Morgan fingerprint density at radius 2 is 1.77 bits per heavy atom. The van der Waals surface area contributed by atoms with E-state index < -0.39 is 32.7 Å². The first-order chi connectivity index (χ1) is 20.5. The topological polar surface area (TPSA) is 160 Å². The molecule has 0 aliphatic carbocycles. The van der Waals surface area contributed by atoms with Gasteiger partial charge in [-0.3, -0.25) is 9.59 Å². The van der Waals surface area contributed by atoms with Crippen molar-refractivity contribution < 1.29 is 41.4 Å². The molecule has 0 bridgehead atoms. The number of esters is 1. The highest BCUT2D eigenvalue weighted by molar-refractivity contribution is 7.93. The van der Waals surface area contributed by atoms with E-state index in [1.807, 2.05) is 13.8 Å². The SMILES string of the molecule is COc1cccc(Oc2c(OCCOC(C)=O)nc(-c3ccco3)nc2N(C(C)=O)S(=O)(=O)c2ccc(C(C)C)cn2)c1. The lowest BCUT2D eigenvalue weighted by Gasteiger charge is -2.23. The summed E-state index contributed by atoms with van der Waals surface area (Å²) in [7, 11) is -3.17. The molecular formula is C29H30N4O9S. The van der Waals surface area contributed by atoms with Crippen molar-refractivity contribution in [2.75, 3.05) is 24.6 Å². The van der Waals surface area contributed by atoms with Crippen LogP contribution in [0.1, 0.15) is 39.2 Å². The number of benzene rings is 1. The molecule has 0 aliphatic heterocycles. The molecule has 1 aromatic carbocycles. The summed E-state index contributed by atoms with van der Waals surface area (Å²) in [6.07, 6.45) is 2.81. The van der Waals surface area contributed by atoms with Gasteiger partial charge in [-0.15, -0.1) is 0 Å². The highest BCUT2D eigenvalue weighted by atomic mass is 32.2. The summed E-state index contributed by atoms with van der Waals surface area (Å²) >= 11 is 0. The highest BCUT2D eigenvalue weighted by Crippen LogP contribution is 2.42. The lowest BCUT2D eigenvalue weighted by atomic mass is 10.1. The zero-order valence-electron chi connectivity index (χ0n) is 24.1. The van der Waals surface area contributed by atoms with Crippen LogP contribution in [0.4, 0.5) is 5.82 Å². The van der Waals surface area contributed by atoms with Crippen LogP contribution in [0.2, 0.25) is 0 Å². The van der Waals surface area contributed by atoms with E-state index in [4.69, 9.17) is 23.4 Å². The van der Waals surface area contributed by atoms with Crippen molar-refractivity contribution in [2.24, 2.45) is 0 Å². The number of hydrogen-bond acceptors (Lipinski definition) is 12. The minimum absolute atomic E-state index is 0.0976. The van der Waals surface area contributed by atoms with Gasteiger partial charge < -0.3 is 23.4 Å². The molecular weight excluding hydrogens is 580 g/mol. The summed E-state index contributed by atoms with van der Waals surface area (Å²) in [5.41, 5.74) is 0.806. The minimum atomic E-state index is -4.64.